The third-order valence-electron chi connectivity index (χ3n) is 4.17. The van der Waals surface area contributed by atoms with Crippen LogP contribution in [0.3, 0.4) is 0 Å². The van der Waals surface area contributed by atoms with Crippen LogP contribution in [0.25, 0.3) is 0 Å². The Morgan fingerprint density at radius 2 is 1.04 bits per heavy atom. The molecule has 2 heterocycles. The Kier molecular flexibility index (Phi) is 7.71. The van der Waals surface area contributed by atoms with Gasteiger partial charge in [-0.25, -0.2) is 9.68 Å². The molecular formula is C21H32N2O2+2. The Bertz CT molecular complexity index is 551. The van der Waals surface area contributed by atoms with Gasteiger partial charge in [0.25, 0.3) is 0 Å². The Labute approximate surface area is 151 Å². The van der Waals surface area contributed by atoms with Gasteiger partial charge in [0.2, 0.25) is 24.8 Å². The van der Waals surface area contributed by atoms with Crippen molar-refractivity contribution in [3.05, 3.63) is 60.2 Å². The van der Waals surface area contributed by atoms with Gasteiger partial charge in [0.1, 0.15) is 0 Å². The topological polar surface area (TPSA) is 26.2 Å². The van der Waals surface area contributed by atoms with Crippen molar-refractivity contribution in [2.45, 2.75) is 53.4 Å². The number of aromatic nitrogens is 2. The molecule has 2 rings (SSSR count). The summed E-state index contributed by atoms with van der Waals surface area (Å²) in [7, 11) is 0. The second-order valence-corrected chi connectivity index (χ2v) is 7.37. The maximum Gasteiger partial charge on any atom is 0.364 e. The van der Waals surface area contributed by atoms with E-state index in [4.69, 9.17) is 9.68 Å². The van der Waals surface area contributed by atoms with Crippen LogP contribution < -0.4 is 19.1 Å². The fourth-order valence-corrected chi connectivity index (χ4v) is 2.45. The molecule has 0 aliphatic carbocycles. The molecule has 0 atom stereocenters. The number of rotatable bonds is 10. The smallest absolute Gasteiger partial charge is 0.223 e. The van der Waals surface area contributed by atoms with Crippen molar-refractivity contribution in [2.75, 3.05) is 6.79 Å². The van der Waals surface area contributed by atoms with E-state index in [1.165, 1.54) is 24.0 Å². The van der Waals surface area contributed by atoms with Crippen LogP contribution in [0.2, 0.25) is 0 Å². The predicted molar refractivity (Wildman–Crippen MR) is 97.6 cm³/mol. The molecule has 0 amide bonds. The number of pyridine rings is 2. The van der Waals surface area contributed by atoms with Gasteiger partial charge in [0.15, 0.2) is 0 Å². The predicted octanol–water partition coefficient (Wildman–Crippen LogP) is 2.95. The van der Waals surface area contributed by atoms with Crippen molar-refractivity contribution in [2.24, 2.45) is 11.8 Å². The molecule has 0 aromatic carbocycles. The van der Waals surface area contributed by atoms with E-state index in [-0.39, 0.29) is 6.79 Å². The van der Waals surface area contributed by atoms with Gasteiger partial charge in [-0.3, -0.25) is 0 Å². The molecule has 0 unspecified atom stereocenters. The number of hydrogen-bond donors (Lipinski definition) is 0. The Hall–Kier alpha value is -2.10. The first-order valence-corrected chi connectivity index (χ1v) is 9.30. The van der Waals surface area contributed by atoms with E-state index in [9.17, 15) is 0 Å². The quantitative estimate of drug-likeness (QED) is 0.489. The van der Waals surface area contributed by atoms with Crippen molar-refractivity contribution in [1.29, 1.82) is 0 Å². The van der Waals surface area contributed by atoms with Crippen LogP contribution >= 0.6 is 0 Å². The Morgan fingerprint density at radius 1 is 0.680 bits per heavy atom. The van der Waals surface area contributed by atoms with Gasteiger partial charge < -0.3 is 0 Å². The monoisotopic (exact) mass is 344 g/mol. The molecule has 0 aliphatic heterocycles. The normalized spacial score (nSPS) is 11.1. The molecule has 4 nitrogen and oxygen atoms in total. The summed E-state index contributed by atoms with van der Waals surface area (Å²) in [4.78, 5) is 11.1. The average Bonchev–Trinajstić information content (AvgIpc) is 2.60. The van der Waals surface area contributed by atoms with E-state index < -0.39 is 0 Å². The lowest BCUT2D eigenvalue weighted by Crippen LogP contribution is -2.51. The van der Waals surface area contributed by atoms with Crippen LogP contribution in [0.5, 0.6) is 0 Å². The molecule has 0 bridgehead atoms. The minimum absolute atomic E-state index is 0.159. The zero-order chi connectivity index (χ0) is 18.1. The zero-order valence-electron chi connectivity index (χ0n) is 16.0. The highest BCUT2D eigenvalue weighted by Gasteiger charge is 2.07. The van der Waals surface area contributed by atoms with Crippen LogP contribution in [-0.4, -0.2) is 6.79 Å². The first-order valence-electron chi connectivity index (χ1n) is 9.30. The first kappa shape index (κ1) is 19.2. The highest BCUT2D eigenvalue weighted by atomic mass is 16.8. The molecule has 0 radical (unpaired) electrons. The number of nitrogens with zero attached hydrogens (tertiary/aromatic N) is 2. The van der Waals surface area contributed by atoms with Crippen LogP contribution in [0, 0.1) is 11.8 Å². The largest absolute Gasteiger partial charge is 0.364 e. The van der Waals surface area contributed by atoms with E-state index in [0.717, 1.165) is 24.7 Å². The lowest BCUT2D eigenvalue weighted by Gasteiger charge is -2.04. The summed E-state index contributed by atoms with van der Waals surface area (Å²) < 4.78 is 3.35. The fraction of sp³-hybridized carbons (Fsp3) is 0.524. The molecular weight excluding hydrogens is 312 g/mol. The van der Waals surface area contributed by atoms with Gasteiger partial charge in [0, 0.05) is 33.7 Å². The summed E-state index contributed by atoms with van der Waals surface area (Å²) >= 11 is 0. The number of hydrogen-bond acceptors (Lipinski definition) is 2. The van der Waals surface area contributed by atoms with Crippen molar-refractivity contribution in [3.63, 3.8) is 0 Å². The fourth-order valence-electron chi connectivity index (χ4n) is 2.45. The van der Waals surface area contributed by atoms with E-state index >= 15 is 0 Å². The van der Waals surface area contributed by atoms with Gasteiger partial charge in [-0.2, -0.15) is 0 Å². The van der Waals surface area contributed by atoms with Crippen molar-refractivity contribution < 1.29 is 19.1 Å². The molecule has 0 N–H and O–H groups in total. The molecule has 4 heteroatoms. The summed E-state index contributed by atoms with van der Waals surface area (Å²) in [5, 5.41) is 0. The summed E-state index contributed by atoms with van der Waals surface area (Å²) in [5.41, 5.74) is 2.67. The van der Waals surface area contributed by atoms with E-state index in [1.54, 1.807) is 9.46 Å². The van der Waals surface area contributed by atoms with Gasteiger partial charge in [-0.1, -0.05) is 27.7 Å². The van der Waals surface area contributed by atoms with Crippen LogP contribution in [0.4, 0.5) is 0 Å². The highest BCUT2D eigenvalue weighted by Crippen LogP contribution is 2.07. The van der Waals surface area contributed by atoms with E-state index in [0.29, 0.717) is 0 Å². The molecule has 0 spiro atoms. The second-order valence-electron chi connectivity index (χ2n) is 7.37. The molecule has 0 saturated heterocycles. The molecule has 2 aromatic rings. The van der Waals surface area contributed by atoms with Crippen LogP contribution in [0.1, 0.15) is 51.7 Å². The minimum atomic E-state index is 0.159. The van der Waals surface area contributed by atoms with Crippen molar-refractivity contribution >= 4 is 0 Å². The van der Waals surface area contributed by atoms with E-state index in [1.807, 2.05) is 24.8 Å². The molecule has 0 fully saturated rings. The van der Waals surface area contributed by atoms with E-state index in [2.05, 4.69) is 52.0 Å². The SMILES string of the molecule is CC(C)CCc1cc[n+](OCO[n+]2ccc(CCC(C)C)cc2)cc1. The molecule has 2 aromatic heterocycles. The molecule has 0 aliphatic rings. The maximum absolute atomic E-state index is 5.57. The lowest BCUT2D eigenvalue weighted by atomic mass is 10.0. The molecule has 136 valence electrons. The summed E-state index contributed by atoms with van der Waals surface area (Å²) in [6.07, 6.45) is 12.3. The standard InChI is InChI=1S/C21H32N2O2/c1-18(2)5-7-20-9-13-22(14-10-20)24-17-25-23-15-11-21(12-16-23)8-6-19(3)4/h9-16,18-19H,5-8,17H2,1-4H3/q+2. The molecule has 25 heavy (non-hydrogen) atoms. The minimum Gasteiger partial charge on any atom is -0.223 e. The van der Waals surface area contributed by atoms with Gasteiger partial charge in [0.05, 0.1) is 0 Å². The highest BCUT2D eigenvalue weighted by molar-refractivity contribution is 5.07. The maximum atomic E-state index is 5.57. The van der Waals surface area contributed by atoms with Gasteiger partial charge in [-0.05, 0) is 48.6 Å². The first-order chi connectivity index (χ1) is 12.0. The third-order valence-corrected chi connectivity index (χ3v) is 4.17. The molecule has 0 saturated carbocycles. The van der Waals surface area contributed by atoms with Gasteiger partial charge in [-0.15, -0.1) is 0 Å². The third kappa shape index (κ3) is 7.55. The summed E-state index contributed by atoms with van der Waals surface area (Å²) in [6, 6.07) is 8.39. The van der Waals surface area contributed by atoms with Gasteiger partial charge >= 0.3 is 6.79 Å². The number of aryl methyl sites for hydroxylation is 2. The summed E-state index contributed by atoms with van der Waals surface area (Å²) in [6.45, 7) is 9.15. The Balaban J connectivity index is 1.73. The van der Waals surface area contributed by atoms with Crippen LogP contribution in [-0.2, 0) is 12.8 Å². The average molecular weight is 344 g/mol. The zero-order valence-corrected chi connectivity index (χ0v) is 16.0. The van der Waals surface area contributed by atoms with Crippen molar-refractivity contribution in [1.82, 2.24) is 0 Å². The second kappa shape index (κ2) is 10.0. The Morgan fingerprint density at radius 3 is 1.36 bits per heavy atom. The van der Waals surface area contributed by atoms with Crippen LogP contribution in [0.15, 0.2) is 49.1 Å². The summed E-state index contributed by atoms with van der Waals surface area (Å²) in [5.74, 6) is 1.46. The van der Waals surface area contributed by atoms with Crippen molar-refractivity contribution in [3.8, 4) is 0 Å². The lowest BCUT2D eigenvalue weighted by molar-refractivity contribution is -0.950.